The number of carboxylic acid groups (broad SMARTS) is 1. The van der Waals surface area contributed by atoms with Crippen molar-refractivity contribution in [1.29, 1.82) is 0 Å². The van der Waals surface area contributed by atoms with Crippen LogP contribution in [0.15, 0.2) is 11.6 Å². The second-order valence-electron chi connectivity index (χ2n) is 10.6. The highest BCUT2D eigenvalue weighted by molar-refractivity contribution is 5.79. The Morgan fingerprint density at radius 2 is 2.04 bits per heavy atom. The summed E-state index contributed by atoms with van der Waals surface area (Å²) in [6, 6.07) is 0. The molecule has 3 fully saturated rings. The Morgan fingerprint density at radius 3 is 2.78 bits per heavy atom. The molecule has 3 saturated carbocycles. The van der Waals surface area contributed by atoms with Crippen molar-refractivity contribution in [1.82, 2.24) is 0 Å². The standard InChI is InChI=1S/C24H36O3/c1-15(4-9-22(26)27)19-7-8-20-18-6-5-16-14-17(25)10-12-23(16,2)21(18)11-13-24(19,20)3/h8,15-16,18-19,21H,4-7,9-14H2,1-3H3,(H,26,27)/t15-,16-,18+,19-,21+,23+,24-/m1/s1. The van der Waals surface area contributed by atoms with Crippen LogP contribution in [0.25, 0.3) is 0 Å². The topological polar surface area (TPSA) is 54.4 Å². The fourth-order valence-corrected chi connectivity index (χ4v) is 7.82. The number of fused-ring (bicyclic) bond motifs is 5. The van der Waals surface area contributed by atoms with Crippen molar-refractivity contribution in [2.45, 2.75) is 85.0 Å². The van der Waals surface area contributed by atoms with Crippen molar-refractivity contribution in [3.8, 4) is 0 Å². The molecule has 0 unspecified atom stereocenters. The lowest BCUT2D eigenvalue weighted by atomic mass is 9.45. The molecular formula is C24H36O3. The second kappa shape index (κ2) is 6.74. The zero-order valence-electron chi connectivity index (χ0n) is 17.3. The number of carbonyl (C=O) groups excluding carboxylic acids is 1. The Hall–Kier alpha value is -1.12. The molecule has 150 valence electrons. The van der Waals surface area contributed by atoms with Gasteiger partial charge in [-0.15, -0.1) is 0 Å². The summed E-state index contributed by atoms with van der Waals surface area (Å²) >= 11 is 0. The molecule has 4 rings (SSSR count). The molecule has 0 aliphatic heterocycles. The Morgan fingerprint density at radius 1 is 1.26 bits per heavy atom. The van der Waals surface area contributed by atoms with Crippen molar-refractivity contribution in [3.63, 3.8) is 0 Å². The summed E-state index contributed by atoms with van der Waals surface area (Å²) in [6.07, 6.45) is 12.5. The van der Waals surface area contributed by atoms with Gasteiger partial charge < -0.3 is 5.11 Å². The molecule has 0 saturated heterocycles. The number of hydrogen-bond donors (Lipinski definition) is 1. The first-order valence-corrected chi connectivity index (χ1v) is 11.2. The highest BCUT2D eigenvalue weighted by Gasteiger charge is 2.57. The Labute approximate surface area is 164 Å². The molecule has 27 heavy (non-hydrogen) atoms. The molecule has 0 radical (unpaired) electrons. The van der Waals surface area contributed by atoms with Crippen LogP contribution in [0.2, 0.25) is 0 Å². The summed E-state index contributed by atoms with van der Waals surface area (Å²) in [7, 11) is 0. The van der Waals surface area contributed by atoms with E-state index in [4.69, 9.17) is 5.11 Å². The molecule has 0 bridgehead atoms. The van der Waals surface area contributed by atoms with Crippen LogP contribution in [0.1, 0.15) is 85.0 Å². The van der Waals surface area contributed by atoms with E-state index in [1.165, 1.54) is 25.7 Å². The van der Waals surface area contributed by atoms with Gasteiger partial charge in [0.2, 0.25) is 0 Å². The quantitative estimate of drug-likeness (QED) is 0.650. The average Bonchev–Trinajstić information content (AvgIpc) is 2.97. The van der Waals surface area contributed by atoms with E-state index in [1.807, 2.05) is 0 Å². The molecule has 0 heterocycles. The lowest BCUT2D eigenvalue weighted by Crippen LogP contribution is -2.51. The molecule has 3 nitrogen and oxygen atoms in total. The van der Waals surface area contributed by atoms with Gasteiger partial charge in [0.1, 0.15) is 5.78 Å². The number of ketones is 1. The molecule has 1 N–H and O–H groups in total. The Kier molecular flexibility index (Phi) is 4.79. The van der Waals surface area contributed by atoms with Crippen LogP contribution in [-0.4, -0.2) is 16.9 Å². The molecule has 4 aliphatic carbocycles. The van der Waals surface area contributed by atoms with E-state index in [9.17, 15) is 9.59 Å². The van der Waals surface area contributed by atoms with E-state index in [2.05, 4.69) is 26.8 Å². The molecule has 0 aromatic heterocycles. The van der Waals surface area contributed by atoms with Gasteiger partial charge in [-0.3, -0.25) is 9.59 Å². The Bertz CT molecular complexity index is 665. The first-order valence-electron chi connectivity index (χ1n) is 11.2. The van der Waals surface area contributed by atoms with Crippen molar-refractivity contribution in [2.24, 2.45) is 40.4 Å². The lowest BCUT2D eigenvalue weighted by molar-refractivity contribution is -0.137. The molecule has 4 aliphatic rings. The highest BCUT2D eigenvalue weighted by atomic mass is 16.4. The maximum absolute atomic E-state index is 12.0. The summed E-state index contributed by atoms with van der Waals surface area (Å²) < 4.78 is 0. The van der Waals surface area contributed by atoms with E-state index in [-0.39, 0.29) is 5.41 Å². The number of allylic oxidation sites excluding steroid dienone is 2. The van der Waals surface area contributed by atoms with Gasteiger partial charge in [-0.25, -0.2) is 0 Å². The van der Waals surface area contributed by atoms with Crippen molar-refractivity contribution in [2.75, 3.05) is 0 Å². The van der Waals surface area contributed by atoms with Gasteiger partial charge in [-0.1, -0.05) is 32.4 Å². The minimum absolute atomic E-state index is 0.271. The number of rotatable bonds is 4. The zero-order chi connectivity index (χ0) is 19.4. The monoisotopic (exact) mass is 372 g/mol. The number of hydrogen-bond acceptors (Lipinski definition) is 2. The van der Waals surface area contributed by atoms with Gasteiger partial charge >= 0.3 is 5.97 Å². The first-order chi connectivity index (χ1) is 12.8. The van der Waals surface area contributed by atoms with Gasteiger partial charge in [0.05, 0.1) is 0 Å². The largest absolute Gasteiger partial charge is 0.481 e. The van der Waals surface area contributed by atoms with Crippen LogP contribution in [-0.2, 0) is 9.59 Å². The van der Waals surface area contributed by atoms with E-state index in [0.717, 1.165) is 38.0 Å². The van der Waals surface area contributed by atoms with Crippen LogP contribution >= 0.6 is 0 Å². The smallest absolute Gasteiger partial charge is 0.303 e. The van der Waals surface area contributed by atoms with E-state index < -0.39 is 5.97 Å². The van der Waals surface area contributed by atoms with Crippen molar-refractivity contribution >= 4 is 11.8 Å². The summed E-state index contributed by atoms with van der Waals surface area (Å²) in [5, 5.41) is 9.08. The van der Waals surface area contributed by atoms with Crippen LogP contribution in [0.5, 0.6) is 0 Å². The number of carboxylic acids is 1. The number of aliphatic carboxylic acids is 1. The Balaban J connectivity index is 1.53. The van der Waals surface area contributed by atoms with E-state index in [0.29, 0.717) is 41.3 Å². The molecule has 7 atom stereocenters. The maximum atomic E-state index is 12.0. The van der Waals surface area contributed by atoms with Crippen molar-refractivity contribution < 1.29 is 14.7 Å². The maximum Gasteiger partial charge on any atom is 0.303 e. The van der Waals surface area contributed by atoms with Crippen LogP contribution in [0.4, 0.5) is 0 Å². The van der Waals surface area contributed by atoms with Gasteiger partial charge in [0.25, 0.3) is 0 Å². The highest BCUT2D eigenvalue weighted by Crippen LogP contribution is 2.66. The van der Waals surface area contributed by atoms with Crippen LogP contribution < -0.4 is 0 Å². The SMILES string of the molecule is C[C@H](CCC(=O)O)[C@H]1CC=C2[C@@H]3CC[C@@H]4CC(=O)CC[C@]4(C)[C@H]3CC[C@@]21C. The van der Waals surface area contributed by atoms with E-state index >= 15 is 0 Å². The summed E-state index contributed by atoms with van der Waals surface area (Å²) in [4.78, 5) is 23.1. The summed E-state index contributed by atoms with van der Waals surface area (Å²) in [5.74, 6) is 2.95. The summed E-state index contributed by atoms with van der Waals surface area (Å²) in [6.45, 7) is 7.24. The predicted molar refractivity (Wildman–Crippen MR) is 106 cm³/mol. The fraction of sp³-hybridized carbons (Fsp3) is 0.833. The third-order valence-electron chi connectivity index (χ3n) is 9.45. The third-order valence-corrected chi connectivity index (χ3v) is 9.45. The minimum atomic E-state index is -0.667. The molecule has 0 amide bonds. The van der Waals surface area contributed by atoms with Crippen LogP contribution in [0, 0.1) is 40.4 Å². The molecule has 0 aromatic rings. The molecule has 0 spiro atoms. The van der Waals surface area contributed by atoms with Gasteiger partial charge in [-0.05, 0) is 85.4 Å². The summed E-state index contributed by atoms with van der Waals surface area (Å²) in [5.41, 5.74) is 2.33. The van der Waals surface area contributed by atoms with Crippen LogP contribution in [0.3, 0.4) is 0 Å². The normalized spacial score (nSPS) is 44.7. The van der Waals surface area contributed by atoms with Gasteiger partial charge in [0.15, 0.2) is 0 Å². The molecule has 0 aromatic carbocycles. The zero-order valence-corrected chi connectivity index (χ0v) is 17.3. The fourth-order valence-electron chi connectivity index (χ4n) is 7.82. The average molecular weight is 373 g/mol. The van der Waals surface area contributed by atoms with Crippen molar-refractivity contribution in [3.05, 3.63) is 11.6 Å². The second-order valence-corrected chi connectivity index (χ2v) is 10.6. The molecule has 3 heteroatoms. The number of carbonyl (C=O) groups is 2. The van der Waals surface area contributed by atoms with Gasteiger partial charge in [0, 0.05) is 19.3 Å². The first kappa shape index (κ1) is 19.2. The lowest BCUT2D eigenvalue weighted by Gasteiger charge is -2.59. The third kappa shape index (κ3) is 3.00. The van der Waals surface area contributed by atoms with Gasteiger partial charge in [-0.2, -0.15) is 0 Å². The van der Waals surface area contributed by atoms with E-state index in [1.54, 1.807) is 5.57 Å². The number of Topliss-reactive ketones (excluding diaryl/α,β-unsaturated/α-hetero) is 1. The minimum Gasteiger partial charge on any atom is -0.481 e. The molecular weight excluding hydrogens is 336 g/mol. The predicted octanol–water partition coefficient (Wildman–Crippen LogP) is 5.64.